The van der Waals surface area contributed by atoms with Crippen molar-refractivity contribution < 1.29 is 14.3 Å². The van der Waals surface area contributed by atoms with Crippen molar-refractivity contribution in [2.24, 2.45) is 0 Å². The molecule has 0 N–H and O–H groups in total. The van der Waals surface area contributed by atoms with Crippen molar-refractivity contribution in [3.63, 3.8) is 0 Å². The first-order chi connectivity index (χ1) is 13.4. The average molecular weight is 522 g/mol. The summed E-state index contributed by atoms with van der Waals surface area (Å²) in [5.41, 5.74) is 0.607. The Morgan fingerprint density at radius 1 is 0.828 bits per heavy atom. The van der Waals surface area contributed by atoms with Crippen molar-refractivity contribution in [1.29, 1.82) is 0 Å². The molecule has 6 nitrogen and oxygen atoms in total. The SMILES string of the molecule is CCOc1cc(CC(=O)c2nc(C(Cl)(Cl)Cl)nc(C(Cl)(Cl)Cl)n2)cc(OCC)c1. The fourth-order valence-corrected chi connectivity index (χ4v) is 2.76. The molecule has 0 spiro atoms. The number of halogens is 6. The van der Waals surface area contributed by atoms with E-state index in [2.05, 4.69) is 15.0 Å². The van der Waals surface area contributed by atoms with Gasteiger partial charge in [-0.25, -0.2) is 15.0 Å². The van der Waals surface area contributed by atoms with Crippen molar-refractivity contribution >= 4 is 75.4 Å². The van der Waals surface area contributed by atoms with Gasteiger partial charge < -0.3 is 9.47 Å². The number of carbonyl (C=O) groups is 1. The Labute approximate surface area is 197 Å². The van der Waals surface area contributed by atoms with Crippen LogP contribution in [0.15, 0.2) is 18.2 Å². The third-order valence-electron chi connectivity index (χ3n) is 3.32. The molecule has 0 bridgehead atoms. The number of rotatable bonds is 7. The van der Waals surface area contributed by atoms with Crippen LogP contribution in [-0.4, -0.2) is 33.9 Å². The molecule has 158 valence electrons. The van der Waals surface area contributed by atoms with Crippen LogP contribution in [0.25, 0.3) is 0 Å². The lowest BCUT2D eigenvalue weighted by molar-refractivity contribution is 0.0982. The second kappa shape index (κ2) is 10.0. The Bertz CT molecular complexity index is 827. The second-order valence-corrected chi connectivity index (χ2v) is 10.1. The number of aromatic nitrogens is 3. The van der Waals surface area contributed by atoms with E-state index in [-0.39, 0.29) is 23.9 Å². The maximum absolute atomic E-state index is 12.8. The van der Waals surface area contributed by atoms with Crippen molar-refractivity contribution in [2.75, 3.05) is 13.2 Å². The van der Waals surface area contributed by atoms with Gasteiger partial charge in [0, 0.05) is 12.5 Å². The minimum Gasteiger partial charge on any atom is -0.494 e. The predicted molar refractivity (Wildman–Crippen MR) is 115 cm³/mol. The number of nitrogens with zero attached hydrogens (tertiary/aromatic N) is 3. The predicted octanol–water partition coefficient (Wildman–Crippen LogP) is 5.75. The molecule has 1 aromatic heterocycles. The van der Waals surface area contributed by atoms with Crippen molar-refractivity contribution in [1.82, 2.24) is 15.0 Å². The summed E-state index contributed by atoms with van der Waals surface area (Å²) in [4.78, 5) is 24.5. The fraction of sp³-hybridized carbons (Fsp3) is 0.412. The lowest BCUT2D eigenvalue weighted by atomic mass is 10.1. The molecule has 1 aromatic carbocycles. The van der Waals surface area contributed by atoms with E-state index < -0.39 is 13.4 Å². The number of ketones is 1. The van der Waals surface area contributed by atoms with Gasteiger partial charge in [-0.05, 0) is 31.5 Å². The number of alkyl halides is 6. The van der Waals surface area contributed by atoms with Gasteiger partial charge in [-0.3, -0.25) is 4.79 Å². The minimum absolute atomic E-state index is 0.0937. The van der Waals surface area contributed by atoms with Crippen LogP contribution in [0.5, 0.6) is 11.5 Å². The number of hydrogen-bond donors (Lipinski definition) is 0. The smallest absolute Gasteiger partial charge is 0.250 e. The normalized spacial score (nSPS) is 12.0. The van der Waals surface area contributed by atoms with Gasteiger partial charge in [0.15, 0.2) is 17.5 Å². The standard InChI is InChI=1S/C17H15Cl6N3O3/c1-3-28-10-5-9(6-11(8-10)29-4-2)7-12(27)13-24-14(16(18,19)20)26-15(25-13)17(21,22)23/h5-6,8H,3-4,7H2,1-2H3. The van der Waals surface area contributed by atoms with E-state index in [4.69, 9.17) is 79.1 Å². The Balaban J connectivity index is 2.42. The largest absolute Gasteiger partial charge is 0.494 e. The van der Waals surface area contributed by atoms with Gasteiger partial charge in [0.05, 0.1) is 13.2 Å². The molecule has 0 aliphatic heterocycles. The summed E-state index contributed by atoms with van der Waals surface area (Å²) in [7, 11) is 0. The van der Waals surface area contributed by atoms with Crippen LogP contribution in [0.3, 0.4) is 0 Å². The Kier molecular flexibility index (Phi) is 8.48. The van der Waals surface area contributed by atoms with Gasteiger partial charge in [-0.15, -0.1) is 0 Å². The highest BCUT2D eigenvalue weighted by atomic mass is 35.6. The van der Waals surface area contributed by atoms with Crippen LogP contribution < -0.4 is 9.47 Å². The van der Waals surface area contributed by atoms with Crippen LogP contribution in [0.2, 0.25) is 0 Å². The van der Waals surface area contributed by atoms with E-state index in [1.807, 2.05) is 13.8 Å². The first-order valence-corrected chi connectivity index (χ1v) is 10.5. The van der Waals surface area contributed by atoms with E-state index in [0.29, 0.717) is 30.3 Å². The molecule has 29 heavy (non-hydrogen) atoms. The average Bonchev–Trinajstić information content (AvgIpc) is 2.60. The molecule has 0 aliphatic carbocycles. The fourth-order valence-electron chi connectivity index (χ4n) is 2.25. The van der Waals surface area contributed by atoms with Crippen LogP contribution in [0, 0.1) is 0 Å². The van der Waals surface area contributed by atoms with Crippen LogP contribution in [-0.2, 0) is 14.0 Å². The van der Waals surface area contributed by atoms with Crippen molar-refractivity contribution in [2.45, 2.75) is 27.9 Å². The Morgan fingerprint density at radius 2 is 1.28 bits per heavy atom. The molecule has 2 rings (SSSR count). The maximum atomic E-state index is 12.8. The summed E-state index contributed by atoms with van der Waals surface area (Å²) in [5.74, 6) is -0.362. The molecular formula is C17H15Cl6N3O3. The molecule has 2 aromatic rings. The van der Waals surface area contributed by atoms with Gasteiger partial charge in [0.25, 0.3) is 0 Å². The Hall–Kier alpha value is -0.760. The molecule has 0 fully saturated rings. The highest BCUT2D eigenvalue weighted by Gasteiger charge is 2.34. The summed E-state index contributed by atoms with van der Waals surface area (Å²) in [6.07, 6.45) is -0.0937. The number of Topliss-reactive ketones (excluding diaryl/α,β-unsaturated/α-hetero) is 1. The topological polar surface area (TPSA) is 74.2 Å². The summed E-state index contributed by atoms with van der Waals surface area (Å²) < 4.78 is 6.94. The summed E-state index contributed by atoms with van der Waals surface area (Å²) >= 11 is 35.0. The molecular weight excluding hydrogens is 507 g/mol. The molecule has 0 radical (unpaired) electrons. The number of benzene rings is 1. The zero-order valence-corrected chi connectivity index (χ0v) is 19.7. The lowest BCUT2D eigenvalue weighted by Gasteiger charge is -2.15. The Morgan fingerprint density at radius 3 is 1.66 bits per heavy atom. The molecule has 0 unspecified atom stereocenters. The van der Waals surface area contributed by atoms with Gasteiger partial charge in [0.1, 0.15) is 11.5 Å². The third-order valence-corrected chi connectivity index (χ3v) is 4.33. The van der Waals surface area contributed by atoms with Gasteiger partial charge in [-0.2, -0.15) is 0 Å². The van der Waals surface area contributed by atoms with Gasteiger partial charge in [-0.1, -0.05) is 69.6 Å². The first kappa shape index (κ1) is 24.5. The van der Waals surface area contributed by atoms with E-state index in [9.17, 15) is 4.79 Å². The molecule has 0 amide bonds. The number of ether oxygens (including phenoxy) is 2. The molecule has 0 saturated heterocycles. The molecule has 0 saturated carbocycles. The lowest BCUT2D eigenvalue weighted by Crippen LogP contribution is -2.21. The molecule has 0 atom stereocenters. The zero-order chi connectivity index (χ0) is 21.8. The quantitative estimate of drug-likeness (QED) is 0.341. The minimum atomic E-state index is -2.04. The van der Waals surface area contributed by atoms with E-state index in [0.717, 1.165) is 0 Å². The van der Waals surface area contributed by atoms with E-state index in [1.165, 1.54) is 0 Å². The van der Waals surface area contributed by atoms with Gasteiger partial charge >= 0.3 is 0 Å². The molecule has 1 heterocycles. The van der Waals surface area contributed by atoms with E-state index in [1.54, 1.807) is 18.2 Å². The monoisotopic (exact) mass is 519 g/mol. The number of carbonyl (C=O) groups excluding carboxylic acids is 1. The molecule has 12 heteroatoms. The maximum Gasteiger partial charge on any atom is 0.250 e. The highest BCUT2D eigenvalue weighted by Crippen LogP contribution is 2.40. The van der Waals surface area contributed by atoms with Crippen LogP contribution in [0.1, 0.15) is 41.7 Å². The highest BCUT2D eigenvalue weighted by molar-refractivity contribution is 6.67. The van der Waals surface area contributed by atoms with E-state index >= 15 is 0 Å². The van der Waals surface area contributed by atoms with Crippen molar-refractivity contribution in [3.05, 3.63) is 41.2 Å². The summed E-state index contributed by atoms with van der Waals surface area (Å²) in [6.45, 7) is 4.60. The summed E-state index contributed by atoms with van der Waals surface area (Å²) in [5, 5.41) is 0. The third kappa shape index (κ3) is 7.16. The van der Waals surface area contributed by atoms with Crippen LogP contribution in [0.4, 0.5) is 0 Å². The molecule has 0 aliphatic rings. The zero-order valence-electron chi connectivity index (χ0n) is 15.2. The van der Waals surface area contributed by atoms with Gasteiger partial charge in [0.2, 0.25) is 13.4 Å². The summed E-state index contributed by atoms with van der Waals surface area (Å²) in [6, 6.07) is 5.14. The second-order valence-electron chi connectivity index (χ2n) is 5.58. The van der Waals surface area contributed by atoms with Crippen molar-refractivity contribution in [3.8, 4) is 11.5 Å². The van der Waals surface area contributed by atoms with Crippen LogP contribution >= 0.6 is 69.6 Å². The number of hydrogen-bond acceptors (Lipinski definition) is 6. The first-order valence-electron chi connectivity index (χ1n) is 8.27.